The average Bonchev–Trinajstić information content (AvgIpc) is 2.67. The van der Waals surface area contributed by atoms with Crippen molar-refractivity contribution in [2.24, 2.45) is 0 Å². The zero-order valence-electron chi connectivity index (χ0n) is 13.1. The maximum absolute atomic E-state index is 12.2. The topological polar surface area (TPSA) is 23.6 Å². The van der Waals surface area contributed by atoms with Crippen molar-refractivity contribution in [2.45, 2.75) is 44.6 Å². The van der Waals surface area contributed by atoms with E-state index in [0.717, 1.165) is 30.8 Å². The fourth-order valence-corrected chi connectivity index (χ4v) is 3.72. The van der Waals surface area contributed by atoms with E-state index in [1.165, 1.54) is 32.2 Å². The molecule has 21 heavy (non-hydrogen) atoms. The molecule has 1 unspecified atom stereocenters. The van der Waals surface area contributed by atoms with Crippen LogP contribution in [0.15, 0.2) is 24.3 Å². The summed E-state index contributed by atoms with van der Waals surface area (Å²) in [5.41, 5.74) is 2.07. The lowest BCUT2D eigenvalue weighted by atomic mass is 9.99. The summed E-state index contributed by atoms with van der Waals surface area (Å²) in [6.07, 6.45) is 6.91. The maximum atomic E-state index is 12.2. The molecule has 114 valence electrons. The molecule has 2 aliphatic rings. The monoisotopic (exact) mass is 286 g/mol. The molecule has 3 rings (SSSR count). The van der Waals surface area contributed by atoms with Gasteiger partial charge in [-0.05, 0) is 51.4 Å². The van der Waals surface area contributed by atoms with Crippen molar-refractivity contribution in [2.75, 3.05) is 31.6 Å². The van der Waals surface area contributed by atoms with Gasteiger partial charge in [-0.15, -0.1) is 0 Å². The van der Waals surface area contributed by atoms with E-state index < -0.39 is 0 Å². The third-order valence-corrected chi connectivity index (χ3v) is 5.03. The molecule has 1 aromatic carbocycles. The summed E-state index contributed by atoms with van der Waals surface area (Å²) in [4.78, 5) is 17.1. The number of rotatable bonds is 3. The molecule has 3 heteroatoms. The summed E-state index contributed by atoms with van der Waals surface area (Å²) in [5, 5.41) is 0. The average molecular weight is 286 g/mol. The number of para-hydroxylation sites is 1. The van der Waals surface area contributed by atoms with Gasteiger partial charge in [0.15, 0.2) is 5.78 Å². The molecule has 1 atom stereocenters. The number of carbonyl (C=O) groups excluding carboxylic acids is 1. The number of hydrogen-bond donors (Lipinski definition) is 0. The van der Waals surface area contributed by atoms with Gasteiger partial charge in [-0.25, -0.2) is 0 Å². The maximum Gasteiger partial charge on any atom is 0.165 e. The van der Waals surface area contributed by atoms with E-state index in [4.69, 9.17) is 0 Å². The SMILES string of the molecule is CN1CCCCC1CCN1CCCC(=O)c2ccccc21. The molecule has 0 amide bonds. The minimum atomic E-state index is 0.308. The van der Waals surface area contributed by atoms with Crippen LogP contribution in [0.5, 0.6) is 0 Å². The van der Waals surface area contributed by atoms with Gasteiger partial charge in [0.05, 0.1) is 0 Å². The summed E-state index contributed by atoms with van der Waals surface area (Å²) in [5.74, 6) is 0.308. The van der Waals surface area contributed by atoms with Crippen LogP contribution in [0.2, 0.25) is 0 Å². The van der Waals surface area contributed by atoms with E-state index in [-0.39, 0.29) is 0 Å². The quantitative estimate of drug-likeness (QED) is 0.851. The first kappa shape index (κ1) is 14.6. The number of anilines is 1. The molecular formula is C18H26N2O. The Morgan fingerprint density at radius 3 is 2.86 bits per heavy atom. The highest BCUT2D eigenvalue weighted by molar-refractivity contribution is 6.01. The number of likely N-dealkylation sites (tertiary alicyclic amines) is 1. The van der Waals surface area contributed by atoms with Crippen LogP contribution in [-0.4, -0.2) is 43.4 Å². The van der Waals surface area contributed by atoms with Crippen LogP contribution in [0, 0.1) is 0 Å². The Balaban J connectivity index is 1.70. The van der Waals surface area contributed by atoms with Crippen LogP contribution in [0.1, 0.15) is 48.9 Å². The van der Waals surface area contributed by atoms with Gasteiger partial charge in [0.1, 0.15) is 0 Å². The van der Waals surface area contributed by atoms with E-state index >= 15 is 0 Å². The van der Waals surface area contributed by atoms with Crippen LogP contribution >= 0.6 is 0 Å². The Morgan fingerprint density at radius 1 is 1.14 bits per heavy atom. The van der Waals surface area contributed by atoms with E-state index in [1.807, 2.05) is 12.1 Å². The van der Waals surface area contributed by atoms with Crippen molar-refractivity contribution in [3.8, 4) is 0 Å². The fraction of sp³-hybridized carbons (Fsp3) is 0.611. The van der Waals surface area contributed by atoms with Crippen molar-refractivity contribution in [3.05, 3.63) is 29.8 Å². The van der Waals surface area contributed by atoms with Gasteiger partial charge in [0.25, 0.3) is 0 Å². The Bertz CT molecular complexity index is 500. The lowest BCUT2D eigenvalue weighted by molar-refractivity contribution is 0.0984. The molecule has 0 aliphatic carbocycles. The second-order valence-corrected chi connectivity index (χ2v) is 6.45. The molecular weight excluding hydrogens is 260 g/mol. The molecule has 2 aliphatic heterocycles. The standard InChI is InChI=1S/C18H26N2O/c1-19-12-5-4-7-15(19)11-14-20-13-6-10-18(21)16-8-2-3-9-17(16)20/h2-3,8-9,15H,4-7,10-14H2,1H3. The van der Waals surface area contributed by atoms with Crippen molar-refractivity contribution in [1.29, 1.82) is 0 Å². The largest absolute Gasteiger partial charge is 0.371 e. The number of fused-ring (bicyclic) bond motifs is 1. The Hall–Kier alpha value is -1.35. The smallest absolute Gasteiger partial charge is 0.165 e. The first-order valence-corrected chi connectivity index (χ1v) is 8.33. The summed E-state index contributed by atoms with van der Waals surface area (Å²) in [6.45, 7) is 3.32. The van der Waals surface area contributed by atoms with Crippen molar-refractivity contribution < 1.29 is 4.79 Å². The van der Waals surface area contributed by atoms with Gasteiger partial charge < -0.3 is 9.80 Å². The number of hydrogen-bond acceptors (Lipinski definition) is 3. The lowest BCUT2D eigenvalue weighted by Crippen LogP contribution is -2.39. The van der Waals surface area contributed by atoms with Crippen molar-refractivity contribution in [1.82, 2.24) is 4.90 Å². The molecule has 3 nitrogen and oxygen atoms in total. The molecule has 0 bridgehead atoms. The van der Waals surface area contributed by atoms with E-state index in [1.54, 1.807) is 0 Å². The van der Waals surface area contributed by atoms with Crippen LogP contribution in [0.4, 0.5) is 5.69 Å². The minimum absolute atomic E-state index is 0.308. The van der Waals surface area contributed by atoms with Gasteiger partial charge >= 0.3 is 0 Å². The van der Waals surface area contributed by atoms with Crippen LogP contribution in [-0.2, 0) is 0 Å². The number of nitrogens with zero attached hydrogens (tertiary/aromatic N) is 2. The third kappa shape index (κ3) is 3.29. The molecule has 1 fully saturated rings. The molecule has 0 saturated carbocycles. The predicted molar refractivity (Wildman–Crippen MR) is 87.1 cm³/mol. The first-order valence-electron chi connectivity index (χ1n) is 8.33. The zero-order valence-corrected chi connectivity index (χ0v) is 13.1. The van der Waals surface area contributed by atoms with Crippen molar-refractivity contribution in [3.63, 3.8) is 0 Å². The second kappa shape index (κ2) is 6.61. The minimum Gasteiger partial charge on any atom is -0.371 e. The highest BCUT2D eigenvalue weighted by Crippen LogP contribution is 2.27. The summed E-state index contributed by atoms with van der Waals surface area (Å²) < 4.78 is 0. The molecule has 0 aromatic heterocycles. The molecule has 0 spiro atoms. The number of Topliss-reactive ketones (excluding diaryl/α,β-unsaturated/α-hetero) is 1. The summed E-state index contributed by atoms with van der Waals surface area (Å²) in [6, 6.07) is 8.85. The third-order valence-electron chi connectivity index (χ3n) is 5.03. The van der Waals surface area contributed by atoms with Crippen LogP contribution < -0.4 is 4.90 Å². The zero-order chi connectivity index (χ0) is 14.7. The lowest BCUT2D eigenvalue weighted by Gasteiger charge is -2.34. The molecule has 1 aromatic rings. The van der Waals surface area contributed by atoms with Gasteiger partial charge in [-0.1, -0.05) is 18.6 Å². The Labute approximate surface area is 127 Å². The second-order valence-electron chi connectivity index (χ2n) is 6.45. The van der Waals surface area contributed by atoms with Crippen LogP contribution in [0.3, 0.4) is 0 Å². The summed E-state index contributed by atoms with van der Waals surface area (Å²) in [7, 11) is 2.25. The number of piperidine rings is 1. The molecule has 0 radical (unpaired) electrons. The van der Waals surface area contributed by atoms with Crippen molar-refractivity contribution >= 4 is 11.5 Å². The van der Waals surface area contributed by atoms with Gasteiger partial charge in [0.2, 0.25) is 0 Å². The van der Waals surface area contributed by atoms with Gasteiger partial charge in [-0.3, -0.25) is 4.79 Å². The normalized spacial score (nSPS) is 23.8. The number of carbonyl (C=O) groups is 1. The van der Waals surface area contributed by atoms with Gasteiger partial charge in [-0.2, -0.15) is 0 Å². The Kier molecular flexibility index (Phi) is 4.59. The highest BCUT2D eigenvalue weighted by atomic mass is 16.1. The van der Waals surface area contributed by atoms with Crippen LogP contribution in [0.25, 0.3) is 0 Å². The van der Waals surface area contributed by atoms with E-state index in [2.05, 4.69) is 29.0 Å². The summed E-state index contributed by atoms with van der Waals surface area (Å²) >= 11 is 0. The molecule has 2 heterocycles. The Morgan fingerprint density at radius 2 is 2.00 bits per heavy atom. The first-order chi connectivity index (χ1) is 10.3. The number of benzene rings is 1. The molecule has 1 saturated heterocycles. The highest BCUT2D eigenvalue weighted by Gasteiger charge is 2.23. The van der Waals surface area contributed by atoms with E-state index in [9.17, 15) is 4.79 Å². The molecule has 0 N–H and O–H groups in total. The van der Waals surface area contributed by atoms with E-state index in [0.29, 0.717) is 18.2 Å². The predicted octanol–water partition coefficient (Wildman–Crippen LogP) is 3.34. The fourth-order valence-electron chi connectivity index (χ4n) is 3.72. The number of ketones is 1. The van der Waals surface area contributed by atoms with Gasteiger partial charge in [0, 0.05) is 36.8 Å².